The van der Waals surface area contributed by atoms with Crippen LogP contribution in [0.3, 0.4) is 0 Å². The first-order valence-corrected chi connectivity index (χ1v) is 7.78. The highest BCUT2D eigenvalue weighted by atomic mass is 14.7. The quantitative estimate of drug-likeness (QED) is 0.863. The Labute approximate surface area is 118 Å². The molecular formula is C18H29N. The van der Waals surface area contributed by atoms with Gasteiger partial charge in [-0.3, -0.25) is 0 Å². The monoisotopic (exact) mass is 259 g/mol. The largest absolute Gasteiger partial charge is 0.327 e. The van der Waals surface area contributed by atoms with Gasteiger partial charge in [-0.2, -0.15) is 0 Å². The van der Waals surface area contributed by atoms with Crippen LogP contribution >= 0.6 is 0 Å². The van der Waals surface area contributed by atoms with Crippen molar-refractivity contribution >= 4 is 0 Å². The molecule has 2 rings (SSSR count). The zero-order valence-electron chi connectivity index (χ0n) is 12.9. The zero-order chi connectivity index (χ0) is 14.0. The third-order valence-electron chi connectivity index (χ3n) is 4.80. The van der Waals surface area contributed by atoms with Crippen molar-refractivity contribution in [2.45, 2.75) is 59.4 Å². The van der Waals surface area contributed by atoms with Gasteiger partial charge in [0.15, 0.2) is 0 Å². The molecule has 0 saturated heterocycles. The van der Waals surface area contributed by atoms with Crippen molar-refractivity contribution in [3.63, 3.8) is 0 Å². The maximum absolute atomic E-state index is 6.37. The van der Waals surface area contributed by atoms with E-state index in [1.54, 1.807) is 0 Å². The van der Waals surface area contributed by atoms with E-state index in [1.807, 2.05) is 0 Å². The summed E-state index contributed by atoms with van der Waals surface area (Å²) in [5, 5.41) is 0. The molecule has 0 bridgehead atoms. The lowest BCUT2D eigenvalue weighted by atomic mass is 9.72. The van der Waals surface area contributed by atoms with Gasteiger partial charge in [-0.05, 0) is 62.8 Å². The fraction of sp³-hybridized carbons (Fsp3) is 0.667. The first kappa shape index (κ1) is 14.6. The van der Waals surface area contributed by atoms with E-state index in [9.17, 15) is 0 Å². The molecule has 0 amide bonds. The fourth-order valence-corrected chi connectivity index (χ4v) is 3.65. The number of hydrogen-bond acceptors (Lipinski definition) is 1. The predicted octanol–water partition coefficient (Wildman–Crippen LogP) is 4.25. The van der Waals surface area contributed by atoms with Crippen LogP contribution in [0.5, 0.6) is 0 Å². The minimum Gasteiger partial charge on any atom is -0.327 e. The molecule has 106 valence electrons. The average molecular weight is 259 g/mol. The van der Waals surface area contributed by atoms with E-state index in [0.29, 0.717) is 12.0 Å². The molecule has 1 fully saturated rings. The Hall–Kier alpha value is -0.820. The molecule has 0 spiro atoms. The van der Waals surface area contributed by atoms with Crippen LogP contribution < -0.4 is 5.73 Å². The average Bonchev–Trinajstić information content (AvgIpc) is 2.30. The molecule has 1 saturated carbocycles. The Morgan fingerprint density at radius 2 is 1.74 bits per heavy atom. The second-order valence-electron chi connectivity index (χ2n) is 6.94. The van der Waals surface area contributed by atoms with Gasteiger partial charge in [-0.1, -0.05) is 43.2 Å². The zero-order valence-corrected chi connectivity index (χ0v) is 12.9. The van der Waals surface area contributed by atoms with Gasteiger partial charge in [0.25, 0.3) is 0 Å². The van der Waals surface area contributed by atoms with Crippen LogP contribution in [0.4, 0.5) is 0 Å². The summed E-state index contributed by atoms with van der Waals surface area (Å²) in [6.45, 7) is 9.09. The van der Waals surface area contributed by atoms with Crippen molar-refractivity contribution in [1.82, 2.24) is 0 Å². The summed E-state index contributed by atoms with van der Waals surface area (Å²) in [6.07, 6.45) is 5.00. The highest BCUT2D eigenvalue weighted by Gasteiger charge is 2.29. The van der Waals surface area contributed by atoms with Gasteiger partial charge >= 0.3 is 0 Å². The molecule has 1 nitrogen and oxygen atoms in total. The molecule has 1 heteroatoms. The Balaban J connectivity index is 2.07. The molecule has 1 aromatic rings. The highest BCUT2D eigenvalue weighted by Crippen LogP contribution is 2.35. The lowest BCUT2D eigenvalue weighted by Crippen LogP contribution is -2.38. The van der Waals surface area contributed by atoms with E-state index in [2.05, 4.69) is 45.9 Å². The van der Waals surface area contributed by atoms with Crippen LogP contribution in [0, 0.1) is 31.6 Å². The molecule has 1 aliphatic rings. The molecule has 19 heavy (non-hydrogen) atoms. The van der Waals surface area contributed by atoms with Crippen molar-refractivity contribution < 1.29 is 0 Å². The van der Waals surface area contributed by atoms with Gasteiger partial charge in [-0.15, -0.1) is 0 Å². The SMILES string of the molecule is Cc1cc(C)cc(CC2CC(C(C)C)CCC2N)c1. The van der Waals surface area contributed by atoms with Crippen LogP contribution in [-0.2, 0) is 6.42 Å². The van der Waals surface area contributed by atoms with Crippen molar-refractivity contribution in [3.05, 3.63) is 34.9 Å². The number of hydrogen-bond donors (Lipinski definition) is 1. The number of benzene rings is 1. The molecule has 0 radical (unpaired) electrons. The molecule has 1 aromatic carbocycles. The normalized spacial score (nSPS) is 27.8. The number of rotatable bonds is 3. The van der Waals surface area contributed by atoms with Crippen molar-refractivity contribution in [2.24, 2.45) is 23.5 Å². The molecule has 3 unspecified atom stereocenters. The minimum atomic E-state index is 0.399. The van der Waals surface area contributed by atoms with Crippen LogP contribution in [0.1, 0.15) is 49.8 Å². The molecule has 0 heterocycles. The molecule has 0 aliphatic heterocycles. The van der Waals surface area contributed by atoms with Crippen molar-refractivity contribution in [3.8, 4) is 0 Å². The fourth-order valence-electron chi connectivity index (χ4n) is 3.65. The van der Waals surface area contributed by atoms with Gasteiger partial charge in [0.1, 0.15) is 0 Å². The van der Waals surface area contributed by atoms with E-state index >= 15 is 0 Å². The molecule has 0 aromatic heterocycles. The van der Waals surface area contributed by atoms with Crippen molar-refractivity contribution in [1.29, 1.82) is 0 Å². The lowest BCUT2D eigenvalue weighted by molar-refractivity contribution is 0.189. The predicted molar refractivity (Wildman–Crippen MR) is 83.3 cm³/mol. The smallest absolute Gasteiger partial charge is 0.00705 e. The van der Waals surface area contributed by atoms with Gasteiger partial charge in [0.2, 0.25) is 0 Å². The summed E-state index contributed by atoms with van der Waals surface area (Å²) in [5.74, 6) is 2.34. The highest BCUT2D eigenvalue weighted by molar-refractivity contribution is 5.29. The first-order chi connectivity index (χ1) is 8.95. The van der Waals surface area contributed by atoms with E-state index in [1.165, 1.54) is 36.0 Å². The van der Waals surface area contributed by atoms with E-state index in [-0.39, 0.29) is 0 Å². The Bertz CT molecular complexity index is 401. The summed E-state index contributed by atoms with van der Waals surface area (Å²) >= 11 is 0. The molecule has 2 N–H and O–H groups in total. The summed E-state index contributed by atoms with van der Waals surface area (Å²) in [4.78, 5) is 0. The van der Waals surface area contributed by atoms with Gasteiger partial charge < -0.3 is 5.73 Å². The summed E-state index contributed by atoms with van der Waals surface area (Å²) in [5.41, 5.74) is 10.6. The standard InChI is InChI=1S/C18H29N/c1-12(2)16-5-6-18(19)17(11-16)10-15-8-13(3)7-14(4)9-15/h7-9,12,16-18H,5-6,10-11,19H2,1-4H3. The summed E-state index contributed by atoms with van der Waals surface area (Å²) in [7, 11) is 0. The number of aryl methyl sites for hydroxylation is 2. The summed E-state index contributed by atoms with van der Waals surface area (Å²) < 4.78 is 0. The first-order valence-electron chi connectivity index (χ1n) is 7.78. The maximum atomic E-state index is 6.37. The molecule has 1 aliphatic carbocycles. The van der Waals surface area contributed by atoms with E-state index in [4.69, 9.17) is 5.73 Å². The Kier molecular flexibility index (Phi) is 4.67. The Morgan fingerprint density at radius 1 is 1.11 bits per heavy atom. The maximum Gasteiger partial charge on any atom is 0.00705 e. The Morgan fingerprint density at radius 3 is 2.32 bits per heavy atom. The molecular weight excluding hydrogens is 230 g/mol. The lowest BCUT2D eigenvalue weighted by Gasteiger charge is -2.36. The summed E-state index contributed by atoms with van der Waals surface area (Å²) in [6, 6.07) is 7.31. The third-order valence-corrected chi connectivity index (χ3v) is 4.80. The third kappa shape index (κ3) is 3.82. The van der Waals surface area contributed by atoms with Crippen LogP contribution in [0.2, 0.25) is 0 Å². The van der Waals surface area contributed by atoms with Gasteiger partial charge in [0.05, 0.1) is 0 Å². The second kappa shape index (κ2) is 6.09. The van der Waals surface area contributed by atoms with Crippen LogP contribution in [-0.4, -0.2) is 6.04 Å². The molecule has 3 atom stereocenters. The van der Waals surface area contributed by atoms with Gasteiger partial charge in [0, 0.05) is 6.04 Å². The van der Waals surface area contributed by atoms with Crippen LogP contribution in [0.25, 0.3) is 0 Å². The van der Waals surface area contributed by atoms with Crippen molar-refractivity contribution in [2.75, 3.05) is 0 Å². The number of nitrogens with two attached hydrogens (primary N) is 1. The minimum absolute atomic E-state index is 0.399. The van der Waals surface area contributed by atoms with Gasteiger partial charge in [-0.25, -0.2) is 0 Å². The topological polar surface area (TPSA) is 26.0 Å². The van der Waals surface area contributed by atoms with E-state index < -0.39 is 0 Å². The van der Waals surface area contributed by atoms with Crippen LogP contribution in [0.15, 0.2) is 18.2 Å². The van der Waals surface area contributed by atoms with E-state index in [0.717, 1.165) is 18.3 Å². The second-order valence-corrected chi connectivity index (χ2v) is 6.94.